The summed E-state index contributed by atoms with van der Waals surface area (Å²) >= 11 is 3.47. The summed E-state index contributed by atoms with van der Waals surface area (Å²) in [6.07, 6.45) is 3.02. The van der Waals surface area contributed by atoms with Gasteiger partial charge < -0.3 is 25.0 Å². The van der Waals surface area contributed by atoms with Crippen molar-refractivity contribution in [2.45, 2.75) is 24.7 Å². The lowest BCUT2D eigenvalue weighted by atomic mass is 10.2. The Kier molecular flexibility index (Phi) is 8.65. The minimum Gasteiger partial charge on any atom is -0.494 e. The van der Waals surface area contributed by atoms with Crippen molar-refractivity contribution >= 4 is 54.6 Å². The number of nitrogens with zero attached hydrogens (tertiary/aromatic N) is 3. The van der Waals surface area contributed by atoms with E-state index in [0.29, 0.717) is 53.0 Å². The fourth-order valence-electron chi connectivity index (χ4n) is 3.85. The summed E-state index contributed by atoms with van der Waals surface area (Å²) in [6, 6.07) is 12.8. The van der Waals surface area contributed by atoms with Gasteiger partial charge >= 0.3 is 0 Å². The predicted octanol–water partition coefficient (Wildman–Crippen LogP) is 5.15. The zero-order valence-corrected chi connectivity index (χ0v) is 22.7. The third-order valence-electron chi connectivity index (χ3n) is 5.79. The second kappa shape index (κ2) is 11.9. The van der Waals surface area contributed by atoms with Crippen LogP contribution in [0, 0.1) is 0 Å². The number of methoxy groups -OCH3 is 1. The molecule has 1 aliphatic rings. The monoisotopic (exact) mass is 575 g/mol. The number of ether oxygens (including phenoxy) is 2. The van der Waals surface area contributed by atoms with Crippen molar-refractivity contribution in [1.82, 2.24) is 9.97 Å². The van der Waals surface area contributed by atoms with Crippen molar-refractivity contribution in [2.24, 2.45) is 0 Å². The average molecular weight is 577 g/mol. The molecule has 0 atom stereocenters. The summed E-state index contributed by atoms with van der Waals surface area (Å²) in [7, 11) is -1.81. The largest absolute Gasteiger partial charge is 0.494 e. The minimum absolute atomic E-state index is 0.0974. The molecule has 2 aromatic carbocycles. The molecule has 0 bridgehead atoms. The first-order valence-electron chi connectivity index (χ1n) is 11.8. The van der Waals surface area contributed by atoms with E-state index in [1.54, 1.807) is 37.6 Å². The Morgan fingerprint density at radius 2 is 1.89 bits per heavy atom. The molecule has 0 aliphatic carbocycles. The second-order valence-corrected chi connectivity index (χ2v) is 11.2. The number of anilines is 5. The molecule has 0 saturated carbocycles. The Morgan fingerprint density at radius 1 is 1.11 bits per heavy atom. The van der Waals surface area contributed by atoms with Crippen molar-refractivity contribution < 1.29 is 17.9 Å². The first-order chi connectivity index (χ1) is 17.4. The molecule has 36 heavy (non-hydrogen) atoms. The highest BCUT2D eigenvalue weighted by atomic mass is 79.9. The predicted molar refractivity (Wildman–Crippen MR) is 146 cm³/mol. The van der Waals surface area contributed by atoms with Crippen LogP contribution in [-0.4, -0.2) is 57.6 Å². The maximum absolute atomic E-state index is 12.9. The van der Waals surface area contributed by atoms with Crippen LogP contribution in [0.5, 0.6) is 5.75 Å². The summed E-state index contributed by atoms with van der Waals surface area (Å²) in [4.78, 5) is 11.4. The number of hydrogen-bond donors (Lipinski definition) is 2. The van der Waals surface area contributed by atoms with Gasteiger partial charge in [-0.25, -0.2) is 13.4 Å². The van der Waals surface area contributed by atoms with Gasteiger partial charge in [-0.2, -0.15) is 4.98 Å². The molecule has 192 valence electrons. The smallest absolute Gasteiger partial charge is 0.229 e. The van der Waals surface area contributed by atoms with Crippen LogP contribution >= 0.6 is 15.9 Å². The molecule has 0 unspecified atom stereocenters. The van der Waals surface area contributed by atoms with Gasteiger partial charge in [0, 0.05) is 31.0 Å². The highest BCUT2D eigenvalue weighted by molar-refractivity contribution is 9.10. The molecule has 1 saturated heterocycles. The van der Waals surface area contributed by atoms with Crippen LogP contribution in [0.4, 0.5) is 28.8 Å². The number of para-hydroxylation sites is 1. The van der Waals surface area contributed by atoms with Gasteiger partial charge in [0.25, 0.3) is 0 Å². The van der Waals surface area contributed by atoms with Crippen LogP contribution in [0.15, 0.2) is 58.0 Å². The summed E-state index contributed by atoms with van der Waals surface area (Å²) < 4.78 is 37.4. The van der Waals surface area contributed by atoms with Crippen LogP contribution < -0.4 is 20.3 Å². The number of unbranched alkanes of at least 4 members (excludes halogenated alkanes) is 1. The highest BCUT2D eigenvalue weighted by Gasteiger charge is 2.19. The quantitative estimate of drug-likeness (QED) is 0.339. The van der Waals surface area contributed by atoms with Gasteiger partial charge in [0.15, 0.2) is 9.84 Å². The van der Waals surface area contributed by atoms with E-state index in [1.807, 2.05) is 25.1 Å². The standard InChI is InChI=1S/C25H30BrN5O4S/c1-3-4-15-36(32,33)23-8-6-5-7-21(23)28-24-19(26)17-27-25(30-24)29-20-10-9-18(16-22(20)34-2)31-11-13-35-14-12-31/h5-10,16-17H,3-4,11-15H2,1-2H3,(H2,27,28,29,30). The molecule has 4 rings (SSSR count). The first-order valence-corrected chi connectivity index (χ1v) is 14.2. The molecule has 0 amide bonds. The van der Waals surface area contributed by atoms with Gasteiger partial charge in [-0.15, -0.1) is 0 Å². The molecule has 3 aromatic rings. The Hall–Kier alpha value is -2.89. The van der Waals surface area contributed by atoms with Gasteiger partial charge in [0.1, 0.15) is 11.6 Å². The van der Waals surface area contributed by atoms with Crippen LogP contribution in [0.1, 0.15) is 19.8 Å². The zero-order chi connectivity index (χ0) is 25.5. The van der Waals surface area contributed by atoms with Crippen molar-refractivity contribution in [3.8, 4) is 5.75 Å². The number of hydrogen-bond acceptors (Lipinski definition) is 9. The van der Waals surface area contributed by atoms with Crippen molar-refractivity contribution in [1.29, 1.82) is 0 Å². The third-order valence-corrected chi connectivity index (χ3v) is 8.23. The van der Waals surface area contributed by atoms with Crippen LogP contribution in [0.25, 0.3) is 0 Å². The van der Waals surface area contributed by atoms with Crippen LogP contribution in [-0.2, 0) is 14.6 Å². The van der Waals surface area contributed by atoms with E-state index in [4.69, 9.17) is 9.47 Å². The third kappa shape index (κ3) is 6.26. The summed E-state index contributed by atoms with van der Waals surface area (Å²) in [5.41, 5.74) is 2.23. The molecule has 1 aromatic heterocycles. The van der Waals surface area contributed by atoms with E-state index in [9.17, 15) is 8.42 Å². The van der Waals surface area contributed by atoms with E-state index in [0.717, 1.165) is 25.2 Å². The average Bonchev–Trinajstić information content (AvgIpc) is 2.90. The summed E-state index contributed by atoms with van der Waals surface area (Å²) in [5, 5.41) is 6.37. The maximum atomic E-state index is 12.9. The van der Waals surface area contributed by atoms with Crippen LogP contribution in [0.2, 0.25) is 0 Å². The Bertz CT molecular complexity index is 1300. The molecule has 2 heterocycles. The van der Waals surface area contributed by atoms with Gasteiger partial charge in [0.05, 0.1) is 46.8 Å². The van der Waals surface area contributed by atoms with Gasteiger partial charge in [-0.1, -0.05) is 25.5 Å². The molecule has 9 nitrogen and oxygen atoms in total. The topological polar surface area (TPSA) is 106 Å². The molecule has 0 radical (unpaired) electrons. The molecule has 0 spiro atoms. The second-order valence-electron chi connectivity index (χ2n) is 8.29. The number of benzene rings is 2. The minimum atomic E-state index is -3.43. The van der Waals surface area contributed by atoms with E-state index in [2.05, 4.69) is 41.4 Å². The number of rotatable bonds is 10. The Labute approximate surface area is 220 Å². The fourth-order valence-corrected chi connectivity index (χ4v) is 5.77. The van der Waals surface area contributed by atoms with E-state index in [-0.39, 0.29) is 10.6 Å². The molecular weight excluding hydrogens is 546 g/mol. The fraction of sp³-hybridized carbons (Fsp3) is 0.360. The summed E-state index contributed by atoms with van der Waals surface area (Å²) in [5.74, 6) is 1.53. The summed E-state index contributed by atoms with van der Waals surface area (Å²) in [6.45, 7) is 5.03. The Balaban J connectivity index is 1.57. The lowest BCUT2D eigenvalue weighted by Crippen LogP contribution is -2.36. The molecular formula is C25H30BrN5O4S. The van der Waals surface area contributed by atoms with Gasteiger partial charge in [-0.05, 0) is 46.6 Å². The van der Waals surface area contributed by atoms with Crippen molar-refractivity contribution in [3.63, 3.8) is 0 Å². The number of aromatic nitrogens is 2. The van der Waals surface area contributed by atoms with Crippen LogP contribution in [0.3, 0.4) is 0 Å². The molecule has 2 N–H and O–H groups in total. The lowest BCUT2D eigenvalue weighted by Gasteiger charge is -2.29. The molecule has 1 fully saturated rings. The number of morpholine rings is 1. The van der Waals surface area contributed by atoms with E-state index < -0.39 is 9.84 Å². The number of sulfone groups is 1. The van der Waals surface area contributed by atoms with E-state index >= 15 is 0 Å². The highest BCUT2D eigenvalue weighted by Crippen LogP contribution is 2.33. The van der Waals surface area contributed by atoms with Gasteiger partial charge in [-0.3, -0.25) is 0 Å². The maximum Gasteiger partial charge on any atom is 0.229 e. The zero-order valence-electron chi connectivity index (χ0n) is 20.3. The van der Waals surface area contributed by atoms with Gasteiger partial charge in [0.2, 0.25) is 5.95 Å². The number of halogens is 1. The lowest BCUT2D eigenvalue weighted by molar-refractivity contribution is 0.122. The SMILES string of the molecule is CCCCS(=O)(=O)c1ccccc1Nc1nc(Nc2ccc(N3CCOCC3)cc2OC)ncc1Br. The number of nitrogens with one attached hydrogen (secondary N) is 2. The normalized spacial score (nSPS) is 13.9. The molecule has 1 aliphatic heterocycles. The van der Waals surface area contributed by atoms with Crippen molar-refractivity contribution in [2.75, 3.05) is 54.7 Å². The Morgan fingerprint density at radius 3 is 2.64 bits per heavy atom. The first kappa shape index (κ1) is 26.2. The van der Waals surface area contributed by atoms with E-state index in [1.165, 1.54) is 0 Å². The molecule has 11 heteroatoms. The van der Waals surface area contributed by atoms with Crippen molar-refractivity contribution in [3.05, 3.63) is 53.1 Å².